The molecule has 2 aromatic carbocycles. The first-order valence-electron chi connectivity index (χ1n) is 6.60. The smallest absolute Gasteiger partial charge is 0.131 e. The van der Waals surface area contributed by atoms with Crippen LogP contribution in [-0.2, 0) is 6.54 Å². The fourth-order valence-electron chi connectivity index (χ4n) is 1.81. The van der Waals surface area contributed by atoms with Crippen molar-refractivity contribution in [1.29, 1.82) is 0 Å². The summed E-state index contributed by atoms with van der Waals surface area (Å²) in [6, 6.07) is 10.7. The van der Waals surface area contributed by atoms with E-state index < -0.39 is 0 Å². The molecule has 2 rings (SSSR count). The first-order chi connectivity index (χ1) is 9.94. The Bertz CT molecular complexity index is 611. The molecule has 0 saturated heterocycles. The van der Waals surface area contributed by atoms with Gasteiger partial charge in [-0.3, -0.25) is 0 Å². The van der Waals surface area contributed by atoms with E-state index in [1.54, 1.807) is 6.07 Å². The minimum Gasteiger partial charge on any atom is -0.457 e. The Morgan fingerprint density at radius 1 is 1.10 bits per heavy atom. The summed E-state index contributed by atoms with van der Waals surface area (Å²) in [7, 11) is 0. The van der Waals surface area contributed by atoms with Gasteiger partial charge in [0.2, 0.25) is 0 Å². The van der Waals surface area contributed by atoms with Gasteiger partial charge in [0, 0.05) is 33.2 Å². The maximum absolute atomic E-state index is 13.4. The molecule has 0 bridgehead atoms. The van der Waals surface area contributed by atoms with Gasteiger partial charge in [-0.1, -0.05) is 45.7 Å². The van der Waals surface area contributed by atoms with E-state index in [2.05, 4.69) is 51.0 Å². The zero-order valence-corrected chi connectivity index (χ0v) is 15.0. The summed E-state index contributed by atoms with van der Waals surface area (Å²) in [4.78, 5) is 0. The Labute approximate surface area is 141 Å². The standard InChI is InChI=1S/C16H16Br2FNO/c1-10(2)20-9-11-5-12(17)3-4-16(11)21-15-7-13(18)6-14(19)8-15/h3-8,10,20H,9H2,1-2H3. The summed E-state index contributed by atoms with van der Waals surface area (Å²) in [6.45, 7) is 4.85. The van der Waals surface area contributed by atoms with E-state index >= 15 is 0 Å². The zero-order chi connectivity index (χ0) is 15.4. The van der Waals surface area contributed by atoms with Crippen molar-refractivity contribution in [2.75, 3.05) is 0 Å². The van der Waals surface area contributed by atoms with E-state index in [0.717, 1.165) is 10.0 Å². The second kappa shape index (κ2) is 7.38. The third-order valence-electron chi connectivity index (χ3n) is 2.79. The van der Waals surface area contributed by atoms with Crippen LogP contribution in [0.25, 0.3) is 0 Å². The van der Waals surface area contributed by atoms with Crippen LogP contribution in [0.15, 0.2) is 45.3 Å². The number of ether oxygens (including phenoxy) is 1. The summed E-state index contributed by atoms with van der Waals surface area (Å²) in [5.74, 6) is 0.845. The van der Waals surface area contributed by atoms with E-state index in [4.69, 9.17) is 4.74 Å². The van der Waals surface area contributed by atoms with E-state index in [-0.39, 0.29) is 5.82 Å². The SMILES string of the molecule is CC(C)NCc1cc(Br)ccc1Oc1cc(F)cc(Br)c1. The van der Waals surface area contributed by atoms with Crippen LogP contribution < -0.4 is 10.1 Å². The van der Waals surface area contributed by atoms with Crippen molar-refractivity contribution in [2.45, 2.75) is 26.4 Å². The van der Waals surface area contributed by atoms with Gasteiger partial charge in [-0.15, -0.1) is 0 Å². The quantitative estimate of drug-likeness (QED) is 0.680. The molecule has 0 aliphatic rings. The first kappa shape index (κ1) is 16.5. The molecular formula is C16H16Br2FNO. The van der Waals surface area contributed by atoms with Crippen molar-refractivity contribution >= 4 is 31.9 Å². The Hall–Kier alpha value is -0.910. The molecule has 0 atom stereocenters. The molecule has 0 unspecified atom stereocenters. The van der Waals surface area contributed by atoms with Crippen molar-refractivity contribution in [2.24, 2.45) is 0 Å². The molecule has 2 nitrogen and oxygen atoms in total. The predicted molar refractivity (Wildman–Crippen MR) is 90.3 cm³/mol. The lowest BCUT2D eigenvalue weighted by Gasteiger charge is -2.14. The predicted octanol–water partition coefficient (Wildman–Crippen LogP) is 5.64. The Kier molecular flexibility index (Phi) is 5.79. The summed E-state index contributed by atoms with van der Waals surface area (Å²) in [6.07, 6.45) is 0. The highest BCUT2D eigenvalue weighted by Crippen LogP contribution is 2.30. The largest absolute Gasteiger partial charge is 0.457 e. The zero-order valence-electron chi connectivity index (χ0n) is 11.8. The third-order valence-corrected chi connectivity index (χ3v) is 3.74. The number of rotatable bonds is 5. The molecule has 5 heteroatoms. The van der Waals surface area contributed by atoms with Crippen LogP contribution in [0, 0.1) is 5.82 Å². The maximum Gasteiger partial charge on any atom is 0.131 e. The van der Waals surface area contributed by atoms with Gasteiger partial charge in [-0.25, -0.2) is 4.39 Å². The summed E-state index contributed by atoms with van der Waals surface area (Å²) >= 11 is 6.73. The highest BCUT2D eigenvalue weighted by molar-refractivity contribution is 9.10. The highest BCUT2D eigenvalue weighted by Gasteiger charge is 2.08. The Morgan fingerprint density at radius 3 is 2.52 bits per heavy atom. The molecule has 21 heavy (non-hydrogen) atoms. The van der Waals surface area contributed by atoms with Gasteiger partial charge in [-0.2, -0.15) is 0 Å². The van der Waals surface area contributed by atoms with E-state index in [1.807, 2.05) is 18.2 Å². The molecule has 0 aliphatic carbocycles. The molecule has 2 aromatic rings. The number of halogens is 3. The molecule has 0 fully saturated rings. The van der Waals surface area contributed by atoms with Gasteiger partial charge >= 0.3 is 0 Å². The summed E-state index contributed by atoms with van der Waals surface area (Å²) in [5, 5.41) is 3.35. The summed E-state index contributed by atoms with van der Waals surface area (Å²) < 4.78 is 20.9. The van der Waals surface area contributed by atoms with Crippen LogP contribution in [-0.4, -0.2) is 6.04 Å². The maximum atomic E-state index is 13.4. The first-order valence-corrected chi connectivity index (χ1v) is 8.18. The molecule has 0 spiro atoms. The van der Waals surface area contributed by atoms with Crippen molar-refractivity contribution < 1.29 is 9.13 Å². The topological polar surface area (TPSA) is 21.3 Å². The Balaban J connectivity index is 2.25. The van der Waals surface area contributed by atoms with Crippen LogP contribution in [0.5, 0.6) is 11.5 Å². The fraction of sp³-hybridized carbons (Fsp3) is 0.250. The van der Waals surface area contributed by atoms with E-state index in [9.17, 15) is 4.39 Å². The third kappa shape index (κ3) is 5.09. The number of nitrogens with one attached hydrogen (secondary N) is 1. The van der Waals surface area contributed by atoms with Gasteiger partial charge in [0.05, 0.1) is 0 Å². The van der Waals surface area contributed by atoms with Crippen molar-refractivity contribution in [3.05, 3.63) is 56.7 Å². The molecule has 0 radical (unpaired) electrons. The second-order valence-corrected chi connectivity index (χ2v) is 6.83. The van der Waals surface area contributed by atoms with Crippen molar-refractivity contribution in [3.8, 4) is 11.5 Å². The number of hydrogen-bond donors (Lipinski definition) is 1. The number of hydrogen-bond acceptors (Lipinski definition) is 2. The van der Waals surface area contributed by atoms with Gasteiger partial charge in [0.15, 0.2) is 0 Å². The van der Waals surface area contributed by atoms with Gasteiger partial charge in [0.1, 0.15) is 17.3 Å². The monoisotopic (exact) mass is 415 g/mol. The lowest BCUT2D eigenvalue weighted by atomic mass is 10.2. The van der Waals surface area contributed by atoms with Gasteiger partial charge < -0.3 is 10.1 Å². The normalized spacial score (nSPS) is 11.0. The van der Waals surface area contributed by atoms with Crippen LogP contribution in [0.2, 0.25) is 0 Å². The molecule has 0 saturated carbocycles. The molecule has 0 aliphatic heterocycles. The van der Waals surface area contributed by atoms with Crippen LogP contribution in [0.3, 0.4) is 0 Å². The lowest BCUT2D eigenvalue weighted by Crippen LogP contribution is -2.22. The lowest BCUT2D eigenvalue weighted by molar-refractivity contribution is 0.464. The van der Waals surface area contributed by atoms with E-state index in [1.165, 1.54) is 12.1 Å². The minimum atomic E-state index is -0.335. The van der Waals surface area contributed by atoms with E-state index in [0.29, 0.717) is 28.6 Å². The van der Waals surface area contributed by atoms with Gasteiger partial charge in [0.25, 0.3) is 0 Å². The molecule has 0 amide bonds. The average Bonchev–Trinajstić information content (AvgIpc) is 2.37. The molecule has 112 valence electrons. The molecule has 1 N–H and O–H groups in total. The molecule has 0 heterocycles. The van der Waals surface area contributed by atoms with Crippen LogP contribution >= 0.6 is 31.9 Å². The van der Waals surface area contributed by atoms with Crippen molar-refractivity contribution in [3.63, 3.8) is 0 Å². The van der Waals surface area contributed by atoms with Gasteiger partial charge in [-0.05, 0) is 30.3 Å². The van der Waals surface area contributed by atoms with Crippen LogP contribution in [0.1, 0.15) is 19.4 Å². The minimum absolute atomic E-state index is 0.335. The highest BCUT2D eigenvalue weighted by atomic mass is 79.9. The summed E-state index contributed by atoms with van der Waals surface area (Å²) in [5.41, 5.74) is 1.01. The average molecular weight is 417 g/mol. The molecular weight excluding hydrogens is 401 g/mol. The molecule has 0 aromatic heterocycles. The van der Waals surface area contributed by atoms with Crippen LogP contribution in [0.4, 0.5) is 4.39 Å². The Morgan fingerprint density at radius 2 is 1.86 bits per heavy atom. The number of benzene rings is 2. The fourth-order valence-corrected chi connectivity index (χ4v) is 2.67. The second-order valence-electron chi connectivity index (χ2n) is 4.99. The van der Waals surface area contributed by atoms with Crippen molar-refractivity contribution in [1.82, 2.24) is 5.32 Å².